The maximum atomic E-state index is 12.5. The van der Waals surface area contributed by atoms with Crippen LogP contribution < -0.4 is 21.5 Å². The summed E-state index contributed by atoms with van der Waals surface area (Å²) in [4.78, 5) is 63.9. The summed E-state index contributed by atoms with van der Waals surface area (Å²) < 4.78 is 1.51. The lowest BCUT2D eigenvalue weighted by atomic mass is 10.1. The Morgan fingerprint density at radius 3 is 2.48 bits per heavy atom. The smallest absolute Gasteiger partial charge is 0.328 e. The van der Waals surface area contributed by atoms with Crippen molar-refractivity contribution in [2.75, 3.05) is 37.6 Å². The predicted molar refractivity (Wildman–Crippen MR) is 121 cm³/mol. The Morgan fingerprint density at radius 2 is 1.73 bits per heavy atom. The van der Waals surface area contributed by atoms with E-state index in [2.05, 4.69) is 20.3 Å². The lowest BCUT2D eigenvalue weighted by molar-refractivity contribution is -0.133. The third kappa shape index (κ3) is 5.47. The zero-order valence-electron chi connectivity index (χ0n) is 18.6. The van der Waals surface area contributed by atoms with Crippen molar-refractivity contribution in [1.82, 2.24) is 29.7 Å². The van der Waals surface area contributed by atoms with E-state index in [1.54, 1.807) is 23.4 Å². The van der Waals surface area contributed by atoms with Crippen LogP contribution in [0.2, 0.25) is 0 Å². The van der Waals surface area contributed by atoms with Crippen molar-refractivity contribution in [2.45, 2.75) is 45.1 Å². The van der Waals surface area contributed by atoms with E-state index in [1.807, 2.05) is 4.90 Å². The Morgan fingerprint density at radius 1 is 1.00 bits per heavy atom. The van der Waals surface area contributed by atoms with Crippen LogP contribution in [0.4, 0.5) is 5.95 Å². The van der Waals surface area contributed by atoms with Crippen molar-refractivity contribution in [3.8, 4) is 0 Å². The zero-order valence-corrected chi connectivity index (χ0v) is 18.6. The molecule has 2 aromatic rings. The summed E-state index contributed by atoms with van der Waals surface area (Å²) in [5.41, 5.74) is 0.597. The van der Waals surface area contributed by atoms with Crippen LogP contribution in [0, 0.1) is 0 Å². The number of piperazine rings is 1. The number of hydrogen-bond donors (Lipinski definition) is 2. The standard InChI is InChI=1S/C22H29N7O4/c30-18(7-10-29-17-6-3-1-2-5-16(17)20(32)26-22(29)33)25-15-19(31)27-11-13-28(14-12-27)21-23-8-4-9-24-21/h4,8-9H,1-3,5-7,10-15H2,(H,25,30)(H,26,32,33). The average molecular weight is 456 g/mol. The second kappa shape index (κ2) is 10.4. The van der Waals surface area contributed by atoms with Gasteiger partial charge in [-0.1, -0.05) is 6.42 Å². The zero-order chi connectivity index (χ0) is 23.2. The lowest BCUT2D eigenvalue weighted by Gasteiger charge is -2.34. The Hall–Kier alpha value is -3.50. The number of nitrogens with zero attached hydrogens (tertiary/aromatic N) is 5. The number of hydrogen-bond acceptors (Lipinski definition) is 7. The van der Waals surface area contributed by atoms with Crippen LogP contribution in [-0.2, 0) is 29.0 Å². The first-order chi connectivity index (χ1) is 16.0. The highest BCUT2D eigenvalue weighted by Gasteiger charge is 2.23. The Labute approximate surface area is 190 Å². The molecular formula is C22H29N7O4. The molecule has 33 heavy (non-hydrogen) atoms. The molecule has 1 aliphatic heterocycles. The van der Waals surface area contributed by atoms with Gasteiger partial charge in [-0.05, 0) is 31.7 Å². The number of nitrogens with one attached hydrogen (secondary N) is 2. The van der Waals surface area contributed by atoms with Gasteiger partial charge < -0.3 is 15.1 Å². The van der Waals surface area contributed by atoms with Crippen LogP contribution >= 0.6 is 0 Å². The molecule has 1 fully saturated rings. The van der Waals surface area contributed by atoms with Gasteiger partial charge in [0.1, 0.15) is 0 Å². The minimum Gasteiger partial charge on any atom is -0.347 e. The van der Waals surface area contributed by atoms with Crippen molar-refractivity contribution in [3.63, 3.8) is 0 Å². The maximum absolute atomic E-state index is 12.5. The largest absolute Gasteiger partial charge is 0.347 e. The van der Waals surface area contributed by atoms with Crippen LogP contribution in [0.15, 0.2) is 28.0 Å². The first-order valence-corrected chi connectivity index (χ1v) is 11.4. The third-order valence-corrected chi connectivity index (χ3v) is 6.22. The number of fused-ring (bicyclic) bond motifs is 1. The van der Waals surface area contributed by atoms with Gasteiger partial charge in [0.25, 0.3) is 5.56 Å². The van der Waals surface area contributed by atoms with Gasteiger partial charge in [-0.15, -0.1) is 0 Å². The molecule has 0 radical (unpaired) electrons. The molecule has 1 aliphatic carbocycles. The first-order valence-electron chi connectivity index (χ1n) is 11.4. The quantitative estimate of drug-likeness (QED) is 0.559. The number of carbonyl (C=O) groups is 2. The lowest BCUT2D eigenvalue weighted by Crippen LogP contribution is -2.51. The van der Waals surface area contributed by atoms with E-state index in [9.17, 15) is 19.2 Å². The van der Waals surface area contributed by atoms with Crippen molar-refractivity contribution >= 4 is 17.8 Å². The van der Waals surface area contributed by atoms with Gasteiger partial charge in [0.2, 0.25) is 17.8 Å². The van der Waals surface area contributed by atoms with Crippen LogP contribution in [0.3, 0.4) is 0 Å². The number of amides is 2. The summed E-state index contributed by atoms with van der Waals surface area (Å²) in [5.74, 6) is 0.195. The highest BCUT2D eigenvalue weighted by Crippen LogP contribution is 2.16. The second-order valence-electron chi connectivity index (χ2n) is 8.34. The summed E-state index contributed by atoms with van der Waals surface area (Å²) in [6.45, 7) is 2.42. The average Bonchev–Trinajstić information content (AvgIpc) is 3.09. The molecule has 0 saturated carbocycles. The molecule has 11 nitrogen and oxygen atoms in total. The second-order valence-corrected chi connectivity index (χ2v) is 8.34. The van der Waals surface area contributed by atoms with Crippen molar-refractivity contribution in [2.24, 2.45) is 0 Å². The summed E-state index contributed by atoms with van der Waals surface area (Å²) in [6, 6.07) is 1.76. The molecule has 0 bridgehead atoms. The molecule has 0 spiro atoms. The highest BCUT2D eigenvalue weighted by atomic mass is 16.2. The monoisotopic (exact) mass is 455 g/mol. The molecule has 11 heteroatoms. The molecule has 0 unspecified atom stereocenters. The first kappa shape index (κ1) is 22.7. The Kier molecular flexibility index (Phi) is 7.16. The van der Waals surface area contributed by atoms with Crippen molar-refractivity contribution < 1.29 is 9.59 Å². The molecule has 2 N–H and O–H groups in total. The van der Waals surface area contributed by atoms with Gasteiger partial charge >= 0.3 is 5.69 Å². The number of H-pyrrole nitrogens is 1. The Balaban J connectivity index is 1.26. The van der Waals surface area contributed by atoms with E-state index in [-0.39, 0.29) is 36.9 Å². The van der Waals surface area contributed by atoms with E-state index < -0.39 is 5.69 Å². The van der Waals surface area contributed by atoms with Gasteiger partial charge in [0.05, 0.1) is 6.54 Å². The van der Waals surface area contributed by atoms with Gasteiger partial charge in [0, 0.05) is 62.8 Å². The van der Waals surface area contributed by atoms with Gasteiger partial charge in [0.15, 0.2) is 0 Å². The summed E-state index contributed by atoms with van der Waals surface area (Å²) in [6.07, 6.45) is 7.60. The number of rotatable bonds is 6. The summed E-state index contributed by atoms with van der Waals surface area (Å²) in [7, 11) is 0. The summed E-state index contributed by atoms with van der Waals surface area (Å²) >= 11 is 0. The number of aromatic nitrogens is 4. The number of anilines is 1. The van der Waals surface area contributed by atoms with Gasteiger partial charge in [-0.2, -0.15) is 0 Å². The van der Waals surface area contributed by atoms with E-state index in [0.29, 0.717) is 50.5 Å². The van der Waals surface area contributed by atoms with Gasteiger partial charge in [-0.3, -0.25) is 23.9 Å². The van der Waals surface area contributed by atoms with Crippen molar-refractivity contribution in [1.29, 1.82) is 0 Å². The molecule has 2 amide bonds. The third-order valence-electron chi connectivity index (χ3n) is 6.22. The van der Waals surface area contributed by atoms with Crippen LogP contribution in [-0.4, -0.2) is 69.0 Å². The number of aromatic amines is 1. The van der Waals surface area contributed by atoms with E-state index in [1.165, 1.54) is 4.57 Å². The molecule has 176 valence electrons. The topological polar surface area (TPSA) is 133 Å². The molecule has 2 aromatic heterocycles. The number of carbonyl (C=O) groups excluding carboxylic acids is 2. The highest BCUT2D eigenvalue weighted by molar-refractivity contribution is 5.84. The molecule has 2 aliphatic rings. The predicted octanol–water partition coefficient (Wildman–Crippen LogP) is -0.549. The molecule has 4 rings (SSSR count). The van der Waals surface area contributed by atoms with Crippen molar-refractivity contribution in [3.05, 3.63) is 50.6 Å². The van der Waals surface area contributed by atoms with Gasteiger partial charge in [-0.25, -0.2) is 14.8 Å². The molecule has 3 heterocycles. The fourth-order valence-corrected chi connectivity index (χ4v) is 4.41. The summed E-state index contributed by atoms with van der Waals surface area (Å²) in [5, 5.41) is 2.66. The molecular weight excluding hydrogens is 426 g/mol. The minimum absolute atomic E-state index is 0.0603. The van der Waals surface area contributed by atoms with Crippen LogP contribution in [0.25, 0.3) is 0 Å². The molecule has 0 atom stereocenters. The fraction of sp³-hybridized carbons (Fsp3) is 0.545. The van der Waals surface area contributed by atoms with Crippen LogP contribution in [0.5, 0.6) is 0 Å². The molecule has 1 saturated heterocycles. The SMILES string of the molecule is O=C(CCn1c2c(c(=O)[nH]c1=O)CCCCC2)NCC(=O)N1CCN(c2ncccn2)CC1. The van der Waals surface area contributed by atoms with E-state index in [4.69, 9.17) is 0 Å². The normalized spacial score (nSPS) is 16.1. The van der Waals surface area contributed by atoms with Crippen LogP contribution in [0.1, 0.15) is 36.9 Å². The minimum atomic E-state index is -0.482. The Bertz CT molecular complexity index is 1100. The fourth-order valence-electron chi connectivity index (χ4n) is 4.41. The maximum Gasteiger partial charge on any atom is 0.328 e. The van der Waals surface area contributed by atoms with E-state index >= 15 is 0 Å². The van der Waals surface area contributed by atoms with E-state index in [0.717, 1.165) is 25.0 Å². The molecule has 0 aromatic carbocycles.